The highest BCUT2D eigenvalue weighted by Crippen LogP contribution is 2.48. The maximum absolute atomic E-state index is 2.49. The molecule has 0 amide bonds. The minimum absolute atomic E-state index is 0.874. The maximum Gasteiger partial charge on any atom is -0.0334 e. The van der Waals surface area contributed by atoms with E-state index in [4.69, 9.17) is 0 Å². The van der Waals surface area contributed by atoms with Crippen molar-refractivity contribution in [3.05, 3.63) is 0 Å². The van der Waals surface area contributed by atoms with Gasteiger partial charge < -0.3 is 0 Å². The monoisotopic (exact) mass is 224 g/mol. The van der Waals surface area contributed by atoms with Gasteiger partial charge in [-0.25, -0.2) is 0 Å². The molecule has 0 aliphatic heterocycles. The maximum atomic E-state index is 2.49. The van der Waals surface area contributed by atoms with Gasteiger partial charge in [0, 0.05) is 0 Å². The van der Waals surface area contributed by atoms with Gasteiger partial charge in [0.15, 0.2) is 0 Å². The first-order valence-corrected chi connectivity index (χ1v) is 7.51. The van der Waals surface area contributed by atoms with Crippen molar-refractivity contribution in [1.29, 1.82) is 0 Å². The smallest absolute Gasteiger partial charge is 0.0334 e. The molecule has 4 atom stereocenters. The van der Waals surface area contributed by atoms with E-state index < -0.39 is 0 Å². The van der Waals surface area contributed by atoms with Crippen LogP contribution >= 0.6 is 0 Å². The third kappa shape index (κ3) is 3.02. The van der Waals surface area contributed by atoms with E-state index >= 15 is 0 Å². The Bertz CT molecular complexity index is 190. The van der Waals surface area contributed by atoms with Crippen molar-refractivity contribution < 1.29 is 0 Å². The lowest BCUT2D eigenvalue weighted by atomic mass is 9.75. The molecule has 96 valence electrons. The van der Waals surface area contributed by atoms with Crippen LogP contribution in [0.3, 0.4) is 0 Å². The zero-order valence-electron chi connectivity index (χ0n) is 12.3. The van der Waals surface area contributed by atoms with E-state index in [0.717, 1.165) is 35.5 Å². The fourth-order valence-electron chi connectivity index (χ4n) is 4.27. The first kappa shape index (κ1) is 14.1. The lowest BCUT2D eigenvalue weighted by molar-refractivity contribution is 0.185. The third-order valence-corrected chi connectivity index (χ3v) is 5.16. The summed E-state index contributed by atoms with van der Waals surface area (Å²) in [5, 5.41) is 0. The van der Waals surface area contributed by atoms with E-state index in [1.807, 2.05) is 0 Å². The summed E-state index contributed by atoms with van der Waals surface area (Å²) in [6, 6.07) is 0. The van der Waals surface area contributed by atoms with Gasteiger partial charge in [-0.05, 0) is 48.3 Å². The van der Waals surface area contributed by atoms with Crippen LogP contribution in [0.2, 0.25) is 0 Å². The van der Waals surface area contributed by atoms with Crippen molar-refractivity contribution in [1.82, 2.24) is 0 Å². The fraction of sp³-hybridized carbons (Fsp3) is 1.00. The second-order valence-corrected chi connectivity index (χ2v) is 6.59. The SMILES string of the molecule is CCC(CC)CC1C(C)CC(C)C1C(C)C. The summed E-state index contributed by atoms with van der Waals surface area (Å²) in [6.45, 7) is 14.6. The standard InChI is InChI=1S/C16H32/c1-7-14(8-2)10-15-12(5)9-13(6)16(15)11(3)4/h11-16H,7-10H2,1-6H3. The average molecular weight is 224 g/mol. The quantitative estimate of drug-likeness (QED) is 0.588. The summed E-state index contributed by atoms with van der Waals surface area (Å²) in [5.74, 6) is 5.74. The number of rotatable bonds is 5. The van der Waals surface area contributed by atoms with Crippen molar-refractivity contribution in [2.45, 2.75) is 67.2 Å². The Labute approximate surface area is 103 Å². The van der Waals surface area contributed by atoms with Crippen molar-refractivity contribution in [2.75, 3.05) is 0 Å². The molecule has 0 heteroatoms. The van der Waals surface area contributed by atoms with Crippen LogP contribution in [0.15, 0.2) is 0 Å². The summed E-state index contributed by atoms with van der Waals surface area (Å²) >= 11 is 0. The van der Waals surface area contributed by atoms with Crippen molar-refractivity contribution in [2.24, 2.45) is 35.5 Å². The first-order valence-electron chi connectivity index (χ1n) is 7.51. The zero-order valence-corrected chi connectivity index (χ0v) is 12.3. The zero-order chi connectivity index (χ0) is 12.3. The predicted octanol–water partition coefficient (Wildman–Crippen LogP) is 5.38. The van der Waals surface area contributed by atoms with E-state index in [-0.39, 0.29) is 0 Å². The van der Waals surface area contributed by atoms with Crippen molar-refractivity contribution >= 4 is 0 Å². The average Bonchev–Trinajstić information content (AvgIpc) is 2.49. The Balaban J connectivity index is 2.67. The molecular formula is C16H32. The normalized spacial score (nSPS) is 35.2. The Morgan fingerprint density at radius 3 is 2.00 bits per heavy atom. The minimum Gasteiger partial charge on any atom is -0.0651 e. The number of hydrogen-bond acceptors (Lipinski definition) is 0. The molecular weight excluding hydrogens is 192 g/mol. The van der Waals surface area contributed by atoms with Gasteiger partial charge in [0.1, 0.15) is 0 Å². The van der Waals surface area contributed by atoms with Crippen LogP contribution in [0.25, 0.3) is 0 Å². The lowest BCUT2D eigenvalue weighted by Gasteiger charge is -2.31. The van der Waals surface area contributed by atoms with Crippen LogP contribution in [0.1, 0.15) is 67.2 Å². The molecule has 0 aromatic rings. The van der Waals surface area contributed by atoms with Gasteiger partial charge in [0.05, 0.1) is 0 Å². The molecule has 0 spiro atoms. The van der Waals surface area contributed by atoms with Gasteiger partial charge in [-0.2, -0.15) is 0 Å². The Hall–Kier alpha value is 0. The van der Waals surface area contributed by atoms with E-state index in [1.54, 1.807) is 0 Å². The molecule has 0 heterocycles. The van der Waals surface area contributed by atoms with Crippen LogP contribution in [-0.4, -0.2) is 0 Å². The highest BCUT2D eigenvalue weighted by atomic mass is 14.5. The second-order valence-electron chi connectivity index (χ2n) is 6.59. The van der Waals surface area contributed by atoms with Gasteiger partial charge in [-0.15, -0.1) is 0 Å². The molecule has 0 nitrogen and oxygen atoms in total. The Kier molecular flexibility index (Phi) is 5.34. The first-order chi connectivity index (χ1) is 7.51. The largest absolute Gasteiger partial charge is 0.0651 e. The van der Waals surface area contributed by atoms with Crippen molar-refractivity contribution in [3.8, 4) is 0 Å². The summed E-state index contributed by atoms with van der Waals surface area (Å²) in [7, 11) is 0. The molecule has 4 unspecified atom stereocenters. The third-order valence-electron chi connectivity index (χ3n) is 5.16. The van der Waals surface area contributed by atoms with Crippen molar-refractivity contribution in [3.63, 3.8) is 0 Å². The lowest BCUT2D eigenvalue weighted by Crippen LogP contribution is -2.23. The van der Waals surface area contributed by atoms with Crippen LogP contribution in [0, 0.1) is 35.5 Å². The van der Waals surface area contributed by atoms with E-state index in [2.05, 4.69) is 41.5 Å². The van der Waals surface area contributed by atoms with Gasteiger partial charge in [-0.1, -0.05) is 54.4 Å². The molecule has 1 aliphatic carbocycles. The van der Waals surface area contributed by atoms with Crippen LogP contribution in [-0.2, 0) is 0 Å². The van der Waals surface area contributed by atoms with Gasteiger partial charge in [-0.3, -0.25) is 0 Å². The van der Waals surface area contributed by atoms with Crippen LogP contribution in [0.4, 0.5) is 0 Å². The summed E-state index contributed by atoms with van der Waals surface area (Å²) in [5.41, 5.74) is 0. The molecule has 0 aromatic carbocycles. The Morgan fingerprint density at radius 1 is 1.00 bits per heavy atom. The highest BCUT2D eigenvalue weighted by molar-refractivity contribution is 4.89. The Morgan fingerprint density at radius 2 is 1.56 bits per heavy atom. The minimum atomic E-state index is 0.874. The molecule has 1 aliphatic rings. The molecule has 0 N–H and O–H groups in total. The van der Waals surface area contributed by atoms with E-state index in [0.29, 0.717) is 0 Å². The van der Waals surface area contributed by atoms with E-state index in [1.165, 1.54) is 25.7 Å². The summed E-state index contributed by atoms with van der Waals surface area (Å²) < 4.78 is 0. The van der Waals surface area contributed by atoms with Gasteiger partial charge in [0.2, 0.25) is 0 Å². The molecule has 1 rings (SSSR count). The fourth-order valence-corrected chi connectivity index (χ4v) is 4.27. The molecule has 0 radical (unpaired) electrons. The molecule has 0 bridgehead atoms. The van der Waals surface area contributed by atoms with Crippen LogP contribution < -0.4 is 0 Å². The topological polar surface area (TPSA) is 0 Å². The second kappa shape index (κ2) is 6.07. The van der Waals surface area contributed by atoms with E-state index in [9.17, 15) is 0 Å². The van der Waals surface area contributed by atoms with Crippen LogP contribution in [0.5, 0.6) is 0 Å². The molecule has 0 saturated heterocycles. The molecule has 1 saturated carbocycles. The molecule has 0 aromatic heterocycles. The molecule has 16 heavy (non-hydrogen) atoms. The van der Waals surface area contributed by atoms with Gasteiger partial charge >= 0.3 is 0 Å². The summed E-state index contributed by atoms with van der Waals surface area (Å²) in [6.07, 6.45) is 5.70. The number of hydrogen-bond donors (Lipinski definition) is 0. The molecule has 1 fully saturated rings. The summed E-state index contributed by atoms with van der Waals surface area (Å²) in [4.78, 5) is 0. The van der Waals surface area contributed by atoms with Gasteiger partial charge in [0.25, 0.3) is 0 Å². The predicted molar refractivity (Wildman–Crippen MR) is 73.5 cm³/mol. The highest BCUT2D eigenvalue weighted by Gasteiger charge is 2.40.